The van der Waals surface area contributed by atoms with Crippen molar-refractivity contribution in [1.82, 2.24) is 5.32 Å². The molecule has 0 radical (unpaired) electrons. The number of rotatable bonds is 6. The lowest BCUT2D eigenvalue weighted by Gasteiger charge is -2.28. The van der Waals surface area contributed by atoms with Gasteiger partial charge in [0.05, 0.1) is 5.56 Å². The summed E-state index contributed by atoms with van der Waals surface area (Å²) in [5.41, 5.74) is 1.34. The summed E-state index contributed by atoms with van der Waals surface area (Å²) in [6.07, 6.45) is 4.50. The number of nitrogens with zero attached hydrogens (tertiary/aromatic N) is 1. The third-order valence-electron chi connectivity index (χ3n) is 5.23. The number of nitrogens with one attached hydrogen (secondary N) is 2. The molecule has 2 N–H and O–H groups in total. The molecule has 1 aliphatic rings. The fourth-order valence-electron chi connectivity index (χ4n) is 3.44. The maximum atomic E-state index is 12.4. The molecule has 0 aromatic heterocycles. The van der Waals surface area contributed by atoms with E-state index in [9.17, 15) is 4.79 Å². The van der Waals surface area contributed by atoms with Gasteiger partial charge in [0.25, 0.3) is 0 Å². The summed E-state index contributed by atoms with van der Waals surface area (Å²) in [4.78, 5) is 12.4. The van der Waals surface area contributed by atoms with E-state index in [1.54, 1.807) is 18.2 Å². The third-order valence-corrected chi connectivity index (χ3v) is 5.23. The van der Waals surface area contributed by atoms with Gasteiger partial charge in [0.1, 0.15) is 23.6 Å². The number of carbonyl (C=O) groups excluding carboxylic acids is 1. The molecule has 1 aliphatic carbocycles. The largest absolute Gasteiger partial charge is 0.456 e. The number of hydrogen-bond acceptors (Lipinski definition) is 4. The summed E-state index contributed by atoms with van der Waals surface area (Å²) in [6, 6.07) is 16.6. The number of ether oxygens (including phenoxy) is 1. The first kappa shape index (κ1) is 19.8. The van der Waals surface area contributed by atoms with Crippen LogP contribution in [0.15, 0.2) is 48.5 Å². The van der Waals surface area contributed by atoms with Crippen LogP contribution in [0.3, 0.4) is 0 Å². The quantitative estimate of drug-likeness (QED) is 0.755. The molecule has 146 valence electrons. The number of para-hydroxylation sites is 1. The van der Waals surface area contributed by atoms with Gasteiger partial charge in [-0.3, -0.25) is 4.79 Å². The molecule has 5 heteroatoms. The molecule has 0 heterocycles. The van der Waals surface area contributed by atoms with E-state index in [0.29, 0.717) is 23.1 Å². The number of benzene rings is 2. The summed E-state index contributed by atoms with van der Waals surface area (Å²) in [5.74, 6) is 1.97. The van der Waals surface area contributed by atoms with Crippen LogP contribution >= 0.6 is 0 Å². The first-order valence-corrected chi connectivity index (χ1v) is 9.89. The lowest BCUT2D eigenvalue weighted by molar-refractivity contribution is -0.122. The van der Waals surface area contributed by atoms with Crippen molar-refractivity contribution >= 4 is 11.6 Å². The van der Waals surface area contributed by atoms with Gasteiger partial charge in [0.2, 0.25) is 5.91 Å². The van der Waals surface area contributed by atoms with E-state index in [-0.39, 0.29) is 11.9 Å². The zero-order chi connectivity index (χ0) is 19.9. The zero-order valence-electron chi connectivity index (χ0n) is 16.4. The highest BCUT2D eigenvalue weighted by molar-refractivity contribution is 5.84. The van der Waals surface area contributed by atoms with E-state index in [4.69, 9.17) is 10.00 Å². The van der Waals surface area contributed by atoms with Crippen molar-refractivity contribution in [2.24, 2.45) is 5.92 Å². The fourth-order valence-corrected chi connectivity index (χ4v) is 3.44. The topological polar surface area (TPSA) is 74.2 Å². The maximum Gasteiger partial charge on any atom is 0.242 e. The van der Waals surface area contributed by atoms with Crippen LogP contribution in [0.25, 0.3) is 0 Å². The highest BCUT2D eigenvalue weighted by Gasteiger charge is 2.22. The molecule has 1 unspecified atom stereocenters. The van der Waals surface area contributed by atoms with Gasteiger partial charge < -0.3 is 15.4 Å². The van der Waals surface area contributed by atoms with E-state index < -0.39 is 0 Å². The molecule has 0 aliphatic heterocycles. The lowest BCUT2D eigenvalue weighted by Crippen LogP contribution is -2.44. The number of nitriles is 1. The third kappa shape index (κ3) is 5.26. The average Bonchev–Trinajstić information content (AvgIpc) is 2.71. The van der Waals surface area contributed by atoms with Gasteiger partial charge in [-0.1, -0.05) is 19.1 Å². The molecule has 28 heavy (non-hydrogen) atoms. The molecule has 0 spiro atoms. The molecule has 1 saturated carbocycles. The zero-order valence-corrected chi connectivity index (χ0v) is 16.4. The van der Waals surface area contributed by atoms with Crippen LogP contribution in [0.4, 0.5) is 5.69 Å². The standard InChI is InChI=1S/C23H27N3O2/c1-16-7-9-20(10-8-16)26-23(27)17(2)25-19-11-13-21(14-12-19)28-22-6-4-3-5-18(22)15-24/h3-6,11-14,16-17,20,25H,7-10H2,1-2H3,(H,26,27). The van der Waals surface area contributed by atoms with Gasteiger partial charge in [0.15, 0.2) is 0 Å². The van der Waals surface area contributed by atoms with Gasteiger partial charge in [-0.15, -0.1) is 0 Å². The Balaban J connectivity index is 1.53. The Morgan fingerprint density at radius 1 is 1.11 bits per heavy atom. The molecule has 5 nitrogen and oxygen atoms in total. The van der Waals surface area contributed by atoms with Crippen LogP contribution in [0.2, 0.25) is 0 Å². The molecule has 1 fully saturated rings. The number of carbonyl (C=O) groups is 1. The van der Waals surface area contributed by atoms with Crippen LogP contribution in [-0.4, -0.2) is 18.0 Å². The molecule has 3 rings (SSSR count). The van der Waals surface area contributed by atoms with Crippen LogP contribution in [0, 0.1) is 17.2 Å². The first-order valence-electron chi connectivity index (χ1n) is 9.89. The van der Waals surface area contributed by atoms with Crippen molar-refractivity contribution in [2.75, 3.05) is 5.32 Å². The van der Waals surface area contributed by atoms with Crippen LogP contribution < -0.4 is 15.4 Å². The number of anilines is 1. The van der Waals surface area contributed by atoms with Gasteiger partial charge in [-0.2, -0.15) is 5.26 Å². The Kier molecular flexibility index (Phi) is 6.54. The minimum absolute atomic E-state index is 0.0304. The number of amides is 1. The summed E-state index contributed by atoms with van der Waals surface area (Å²) in [7, 11) is 0. The van der Waals surface area contributed by atoms with E-state index in [1.807, 2.05) is 37.3 Å². The predicted octanol–water partition coefficient (Wildman–Crippen LogP) is 4.85. The fraction of sp³-hybridized carbons (Fsp3) is 0.391. The molecule has 2 aromatic carbocycles. The normalized spacial score (nSPS) is 19.9. The van der Waals surface area contributed by atoms with Gasteiger partial charge in [0, 0.05) is 11.7 Å². The highest BCUT2D eigenvalue weighted by Crippen LogP contribution is 2.26. The Labute approximate surface area is 166 Å². The highest BCUT2D eigenvalue weighted by atomic mass is 16.5. The van der Waals surface area contributed by atoms with Crippen molar-refractivity contribution in [3.63, 3.8) is 0 Å². The summed E-state index contributed by atoms with van der Waals surface area (Å²) in [5, 5.41) is 15.5. The van der Waals surface area contributed by atoms with E-state index in [2.05, 4.69) is 23.6 Å². The SMILES string of the molecule is CC1CCC(NC(=O)C(C)Nc2ccc(Oc3ccccc3C#N)cc2)CC1. The molecule has 0 saturated heterocycles. The molecular weight excluding hydrogens is 350 g/mol. The smallest absolute Gasteiger partial charge is 0.242 e. The second-order valence-electron chi connectivity index (χ2n) is 7.57. The summed E-state index contributed by atoms with van der Waals surface area (Å²) >= 11 is 0. The van der Waals surface area contributed by atoms with Crippen molar-refractivity contribution in [2.45, 2.75) is 51.6 Å². The monoisotopic (exact) mass is 377 g/mol. The minimum atomic E-state index is -0.314. The van der Waals surface area contributed by atoms with E-state index in [0.717, 1.165) is 24.4 Å². The van der Waals surface area contributed by atoms with Crippen molar-refractivity contribution in [1.29, 1.82) is 5.26 Å². The second-order valence-corrected chi connectivity index (χ2v) is 7.57. The predicted molar refractivity (Wildman–Crippen MR) is 110 cm³/mol. The van der Waals surface area contributed by atoms with Crippen LogP contribution in [0.5, 0.6) is 11.5 Å². The van der Waals surface area contributed by atoms with Gasteiger partial charge >= 0.3 is 0 Å². The molecular formula is C23H27N3O2. The maximum absolute atomic E-state index is 12.4. The Bertz CT molecular complexity index is 834. The Hall–Kier alpha value is -3.00. The van der Waals surface area contributed by atoms with Gasteiger partial charge in [-0.05, 0) is 74.9 Å². The average molecular weight is 377 g/mol. The molecule has 1 amide bonds. The Morgan fingerprint density at radius 2 is 1.79 bits per heavy atom. The molecule has 0 bridgehead atoms. The summed E-state index contributed by atoms with van der Waals surface area (Å²) in [6.45, 7) is 4.14. The van der Waals surface area contributed by atoms with Crippen LogP contribution in [-0.2, 0) is 4.79 Å². The van der Waals surface area contributed by atoms with E-state index in [1.165, 1.54) is 12.8 Å². The van der Waals surface area contributed by atoms with Crippen molar-refractivity contribution in [3.05, 3.63) is 54.1 Å². The lowest BCUT2D eigenvalue weighted by atomic mass is 9.87. The first-order chi connectivity index (χ1) is 13.5. The van der Waals surface area contributed by atoms with Crippen LogP contribution in [0.1, 0.15) is 45.1 Å². The summed E-state index contributed by atoms with van der Waals surface area (Å²) < 4.78 is 5.79. The molecule has 1 atom stereocenters. The second kappa shape index (κ2) is 9.27. The van der Waals surface area contributed by atoms with E-state index >= 15 is 0 Å². The minimum Gasteiger partial charge on any atom is -0.456 e. The Morgan fingerprint density at radius 3 is 2.46 bits per heavy atom. The van der Waals surface area contributed by atoms with Crippen molar-refractivity contribution in [3.8, 4) is 17.6 Å². The van der Waals surface area contributed by atoms with Gasteiger partial charge in [-0.25, -0.2) is 0 Å². The number of hydrogen-bond donors (Lipinski definition) is 2. The molecule has 2 aromatic rings. The van der Waals surface area contributed by atoms with Crippen molar-refractivity contribution < 1.29 is 9.53 Å².